The van der Waals surface area contributed by atoms with E-state index in [0.717, 1.165) is 9.58 Å². The average molecular weight is 693 g/mol. The molecular weight excluding hydrogens is 661 g/mol. The minimum absolute atomic E-state index is 0.000733. The van der Waals surface area contributed by atoms with Crippen LogP contribution in [-0.4, -0.2) is 49.6 Å². The summed E-state index contributed by atoms with van der Waals surface area (Å²) in [5.41, 5.74) is 1.93. The molecule has 4 atom stereocenters. The molecule has 2 N–H and O–H groups in total. The molecule has 2 fully saturated rings. The monoisotopic (exact) mass is 691 g/mol. The Labute approximate surface area is 284 Å². The molecular formula is C34H31Cl2N5O7. The number of benzene rings is 3. The fourth-order valence-electron chi connectivity index (χ4n) is 7.60. The lowest BCUT2D eigenvalue weighted by atomic mass is 9.53. The Balaban J connectivity index is 1.52. The van der Waals surface area contributed by atoms with Crippen molar-refractivity contribution in [3.8, 4) is 17.2 Å². The number of imide groups is 1. The Morgan fingerprint density at radius 2 is 1.77 bits per heavy atom. The van der Waals surface area contributed by atoms with Crippen molar-refractivity contribution in [3.63, 3.8) is 0 Å². The number of amides is 2. The summed E-state index contributed by atoms with van der Waals surface area (Å²) in [7, 11) is 2.92. The van der Waals surface area contributed by atoms with Crippen LogP contribution in [0.2, 0.25) is 10.0 Å². The maximum absolute atomic E-state index is 15.2. The fourth-order valence-corrected chi connectivity index (χ4v) is 8.05. The predicted molar refractivity (Wildman–Crippen MR) is 178 cm³/mol. The van der Waals surface area contributed by atoms with Crippen molar-refractivity contribution in [1.29, 1.82) is 0 Å². The third-order valence-electron chi connectivity index (χ3n) is 9.68. The number of anilines is 1. The normalized spacial score (nSPS) is 22.9. The molecule has 1 saturated heterocycles. The number of methoxy groups -OCH3 is 1. The van der Waals surface area contributed by atoms with Gasteiger partial charge in [-0.3, -0.25) is 15.0 Å². The van der Waals surface area contributed by atoms with Crippen molar-refractivity contribution in [2.75, 3.05) is 19.1 Å². The number of hydrogen-bond donors (Lipinski definition) is 2. The van der Waals surface area contributed by atoms with Gasteiger partial charge in [-0.25, -0.2) is 23.5 Å². The number of halogens is 2. The van der Waals surface area contributed by atoms with E-state index in [4.69, 9.17) is 32.7 Å². The van der Waals surface area contributed by atoms with Crippen LogP contribution in [0.25, 0.3) is 0 Å². The minimum atomic E-state index is -1.64. The van der Waals surface area contributed by atoms with E-state index in [9.17, 15) is 19.5 Å². The van der Waals surface area contributed by atoms with Crippen molar-refractivity contribution in [1.82, 2.24) is 18.9 Å². The SMILES string of the molecule is CCOc1cccc([C@H]2C3=CCn4c(=O)n(C)c(=O)n4[C@@H]3C[C@H]3C(=O)N(Nc4ccc(Cl)cc4Cl)C(=O)[C@@]23c2ccc(OC)cc2)c1O. The third kappa shape index (κ3) is 4.42. The summed E-state index contributed by atoms with van der Waals surface area (Å²) in [6.07, 6.45) is 1.81. The van der Waals surface area contributed by atoms with Gasteiger partial charge in [0, 0.05) is 23.6 Å². The van der Waals surface area contributed by atoms with Crippen LogP contribution in [0, 0.1) is 5.92 Å². The Hall–Kier alpha value is -4.94. The van der Waals surface area contributed by atoms with Gasteiger partial charge in [0.15, 0.2) is 11.5 Å². The number of ether oxygens (including phenoxy) is 2. The lowest BCUT2D eigenvalue weighted by Gasteiger charge is -2.49. The number of phenols is 1. The van der Waals surface area contributed by atoms with Crippen LogP contribution in [0.15, 0.2) is 81.9 Å². The first-order valence-electron chi connectivity index (χ1n) is 15.3. The molecule has 0 bridgehead atoms. The maximum Gasteiger partial charge on any atom is 0.347 e. The number of nitrogens with one attached hydrogen (secondary N) is 1. The number of carbonyl (C=O) groups excluding carboxylic acids is 2. The zero-order chi connectivity index (χ0) is 34.1. The number of allylic oxidation sites excluding steroid dienone is 2. The van der Waals surface area contributed by atoms with Crippen molar-refractivity contribution in [2.45, 2.75) is 37.3 Å². The fraction of sp³-hybridized carbons (Fsp3) is 0.294. The van der Waals surface area contributed by atoms with Crippen molar-refractivity contribution in [3.05, 3.63) is 114 Å². The van der Waals surface area contributed by atoms with Crippen LogP contribution in [0.4, 0.5) is 5.69 Å². The van der Waals surface area contributed by atoms with E-state index in [1.165, 1.54) is 29.6 Å². The zero-order valence-electron chi connectivity index (χ0n) is 26.1. The largest absolute Gasteiger partial charge is 0.504 e. The van der Waals surface area contributed by atoms with Gasteiger partial charge in [0.05, 0.1) is 48.3 Å². The first-order valence-corrected chi connectivity index (χ1v) is 16.1. The molecule has 12 nitrogen and oxygen atoms in total. The maximum atomic E-state index is 15.2. The Kier molecular flexibility index (Phi) is 7.67. The Bertz CT molecular complexity index is 2140. The van der Waals surface area contributed by atoms with Gasteiger partial charge in [0.1, 0.15) is 5.75 Å². The molecule has 0 radical (unpaired) electrons. The molecule has 1 aliphatic carbocycles. The summed E-state index contributed by atoms with van der Waals surface area (Å²) < 4.78 is 14.9. The molecule has 0 unspecified atom stereocenters. The number of rotatable bonds is 7. The second-order valence-electron chi connectivity index (χ2n) is 11.9. The summed E-state index contributed by atoms with van der Waals surface area (Å²) in [6.45, 7) is 2.09. The molecule has 0 spiro atoms. The molecule has 1 aromatic heterocycles. The molecule has 2 amide bonds. The number of fused-ring (bicyclic) bond motifs is 4. The number of aromatic hydroxyl groups is 1. The summed E-state index contributed by atoms with van der Waals surface area (Å²) in [6, 6.07) is 15.7. The Morgan fingerprint density at radius 3 is 2.46 bits per heavy atom. The first kappa shape index (κ1) is 31.6. The molecule has 1 saturated carbocycles. The van der Waals surface area contributed by atoms with Crippen LogP contribution < -0.4 is 26.3 Å². The quantitative estimate of drug-likeness (QED) is 0.215. The average Bonchev–Trinajstić information content (AvgIpc) is 3.43. The number of hydrazine groups is 1. The number of aromatic nitrogens is 3. The Morgan fingerprint density at radius 1 is 1.02 bits per heavy atom. The van der Waals surface area contributed by atoms with E-state index in [1.54, 1.807) is 61.5 Å². The smallest absolute Gasteiger partial charge is 0.347 e. The van der Waals surface area contributed by atoms with Gasteiger partial charge in [-0.1, -0.05) is 53.5 Å². The standard InChI is InChI=1S/C34H31Cl2N5O7/c1-4-48-27-7-5-6-22(29(27)42)28-21-14-15-39-32(45)38(2)33(46)41(39)26(21)17-23-30(43)40(37-25-13-10-19(35)16-24(25)36)31(44)34(23,28)18-8-11-20(47-3)12-9-18/h5-14,16,23,26,28,37,42H,4,15,17H2,1-3H3/t23-,26+,28+,34+/m0/s1. The molecule has 2 aliphatic heterocycles. The van der Waals surface area contributed by atoms with Gasteiger partial charge in [-0.05, 0) is 60.9 Å². The van der Waals surface area contributed by atoms with E-state index < -0.39 is 46.5 Å². The molecule has 14 heteroatoms. The predicted octanol–water partition coefficient (Wildman–Crippen LogP) is 4.39. The minimum Gasteiger partial charge on any atom is -0.504 e. The first-order chi connectivity index (χ1) is 23.0. The second kappa shape index (κ2) is 11.6. The van der Waals surface area contributed by atoms with Gasteiger partial charge in [-0.15, -0.1) is 0 Å². The molecule has 4 aromatic rings. The highest BCUT2D eigenvalue weighted by atomic mass is 35.5. The topological polar surface area (TPSA) is 137 Å². The molecule has 48 heavy (non-hydrogen) atoms. The molecule has 248 valence electrons. The number of para-hydroxylation sites is 1. The van der Waals surface area contributed by atoms with E-state index in [1.807, 2.05) is 6.08 Å². The third-order valence-corrected chi connectivity index (χ3v) is 10.2. The summed E-state index contributed by atoms with van der Waals surface area (Å²) in [4.78, 5) is 56.6. The van der Waals surface area contributed by atoms with Gasteiger partial charge in [0.2, 0.25) is 0 Å². The van der Waals surface area contributed by atoms with E-state index in [-0.39, 0.29) is 41.8 Å². The van der Waals surface area contributed by atoms with Gasteiger partial charge >= 0.3 is 11.4 Å². The lowest BCUT2D eigenvalue weighted by Crippen LogP contribution is -2.53. The van der Waals surface area contributed by atoms with Crippen LogP contribution in [0.3, 0.4) is 0 Å². The number of carbonyl (C=O) groups is 2. The van der Waals surface area contributed by atoms with E-state index >= 15 is 4.79 Å². The van der Waals surface area contributed by atoms with Crippen LogP contribution in [0.5, 0.6) is 17.2 Å². The molecule has 3 heterocycles. The molecule has 7 rings (SSSR count). The van der Waals surface area contributed by atoms with Crippen molar-refractivity contribution >= 4 is 40.7 Å². The summed E-state index contributed by atoms with van der Waals surface area (Å²) >= 11 is 12.6. The molecule has 3 aliphatic rings. The van der Waals surface area contributed by atoms with Gasteiger partial charge in [0.25, 0.3) is 11.8 Å². The van der Waals surface area contributed by atoms with Gasteiger partial charge in [-0.2, -0.15) is 5.01 Å². The lowest BCUT2D eigenvalue weighted by molar-refractivity contribution is -0.138. The summed E-state index contributed by atoms with van der Waals surface area (Å²) in [5, 5.41) is 13.3. The highest BCUT2D eigenvalue weighted by Crippen LogP contribution is 2.63. The molecule has 3 aromatic carbocycles. The van der Waals surface area contributed by atoms with Crippen LogP contribution in [-0.2, 0) is 28.6 Å². The van der Waals surface area contributed by atoms with Crippen LogP contribution in [0.1, 0.15) is 36.4 Å². The van der Waals surface area contributed by atoms with Crippen LogP contribution >= 0.6 is 23.2 Å². The summed E-state index contributed by atoms with van der Waals surface area (Å²) in [5.74, 6) is -2.70. The number of nitrogens with zero attached hydrogens (tertiary/aromatic N) is 4. The van der Waals surface area contributed by atoms with E-state index in [0.29, 0.717) is 27.5 Å². The second-order valence-corrected chi connectivity index (χ2v) is 12.8. The van der Waals surface area contributed by atoms with E-state index in [2.05, 4.69) is 5.43 Å². The highest BCUT2D eigenvalue weighted by molar-refractivity contribution is 6.36. The van der Waals surface area contributed by atoms with Crippen molar-refractivity contribution < 1.29 is 24.2 Å². The number of phenolic OH excluding ortho intramolecular Hbond substituents is 1. The van der Waals surface area contributed by atoms with Crippen molar-refractivity contribution in [2.24, 2.45) is 13.0 Å². The van der Waals surface area contributed by atoms with Gasteiger partial charge < -0.3 is 14.6 Å². The zero-order valence-corrected chi connectivity index (χ0v) is 27.7. The number of hydrogen-bond acceptors (Lipinski definition) is 8. The highest BCUT2D eigenvalue weighted by Gasteiger charge is 2.69.